The summed E-state index contributed by atoms with van der Waals surface area (Å²) in [5.41, 5.74) is 2.83. The highest BCUT2D eigenvalue weighted by Gasteiger charge is 2.55. The Kier molecular flexibility index (Phi) is 8.39. The fourth-order valence-electron chi connectivity index (χ4n) is 4.74. The van der Waals surface area contributed by atoms with Crippen molar-refractivity contribution in [1.82, 2.24) is 10.2 Å². The second-order valence-electron chi connectivity index (χ2n) is 7.18. The van der Waals surface area contributed by atoms with Crippen LogP contribution in [0.5, 0.6) is 11.5 Å². The topological polar surface area (TPSA) is 52.2 Å². The predicted molar refractivity (Wildman–Crippen MR) is 121 cm³/mol. The van der Waals surface area contributed by atoms with E-state index in [4.69, 9.17) is 18.9 Å². The monoisotopic (exact) mass is 456 g/mol. The summed E-state index contributed by atoms with van der Waals surface area (Å²) < 4.78 is 23.4. The largest absolute Gasteiger partial charge is 0.493 e. The number of hydrogen-bond donors (Lipinski definition) is 1. The molecule has 0 saturated carbocycles. The molecule has 2 aromatic carbocycles. The highest BCUT2D eigenvalue weighted by molar-refractivity contribution is 5.85. The Morgan fingerprint density at radius 1 is 0.933 bits per heavy atom. The molecular weight excluding hydrogens is 427 g/mol. The van der Waals surface area contributed by atoms with E-state index in [1.54, 1.807) is 28.4 Å². The molecule has 2 heterocycles. The van der Waals surface area contributed by atoms with Crippen molar-refractivity contribution in [2.45, 2.75) is 17.9 Å². The summed E-state index contributed by atoms with van der Waals surface area (Å²) in [5, 5.41) is 3.49. The smallest absolute Gasteiger partial charge is 0.165 e. The maximum absolute atomic E-state index is 6.19. The molecule has 0 amide bonds. The SMILES string of the molecule is COc1cc2c(cc1OC)[C@H](c1ccccc1)N1CCNC[C@]1(OC)C2OC.Cl.Cl. The van der Waals surface area contributed by atoms with Crippen LogP contribution in [0.25, 0.3) is 0 Å². The predicted octanol–water partition coefficient (Wildman–Crippen LogP) is 3.59. The van der Waals surface area contributed by atoms with Gasteiger partial charge < -0.3 is 24.3 Å². The van der Waals surface area contributed by atoms with Gasteiger partial charge >= 0.3 is 0 Å². The van der Waals surface area contributed by atoms with Gasteiger partial charge in [0.25, 0.3) is 0 Å². The van der Waals surface area contributed by atoms with E-state index in [0.29, 0.717) is 12.3 Å². The highest BCUT2D eigenvalue weighted by atomic mass is 35.5. The zero-order valence-electron chi connectivity index (χ0n) is 17.7. The van der Waals surface area contributed by atoms with Gasteiger partial charge in [-0.15, -0.1) is 24.8 Å². The number of rotatable bonds is 5. The lowest BCUT2D eigenvalue weighted by atomic mass is 9.79. The molecule has 4 rings (SSSR count). The van der Waals surface area contributed by atoms with E-state index in [2.05, 4.69) is 40.5 Å². The minimum absolute atomic E-state index is 0. The molecule has 6 nitrogen and oxygen atoms in total. The fourth-order valence-corrected chi connectivity index (χ4v) is 4.74. The molecule has 3 atom stereocenters. The maximum Gasteiger partial charge on any atom is 0.165 e. The van der Waals surface area contributed by atoms with Gasteiger partial charge in [0.1, 0.15) is 6.10 Å². The van der Waals surface area contributed by atoms with Crippen LogP contribution in [0, 0.1) is 0 Å². The number of nitrogens with zero attached hydrogens (tertiary/aromatic N) is 1. The third-order valence-electron chi connectivity index (χ3n) is 5.99. The lowest BCUT2D eigenvalue weighted by Crippen LogP contribution is -2.68. The average Bonchev–Trinajstić information content (AvgIpc) is 2.76. The van der Waals surface area contributed by atoms with Crippen LogP contribution in [0.4, 0.5) is 0 Å². The number of ether oxygens (including phenoxy) is 4. The van der Waals surface area contributed by atoms with Crippen molar-refractivity contribution < 1.29 is 18.9 Å². The summed E-state index contributed by atoms with van der Waals surface area (Å²) >= 11 is 0. The summed E-state index contributed by atoms with van der Waals surface area (Å²) in [7, 11) is 6.83. The van der Waals surface area contributed by atoms with E-state index in [9.17, 15) is 0 Å². The Balaban J connectivity index is 0.00000160. The molecule has 1 fully saturated rings. The fraction of sp³-hybridized carbons (Fsp3) is 0.455. The van der Waals surface area contributed by atoms with Gasteiger partial charge in [-0.25, -0.2) is 0 Å². The lowest BCUT2D eigenvalue weighted by Gasteiger charge is -2.56. The van der Waals surface area contributed by atoms with Crippen molar-refractivity contribution in [1.29, 1.82) is 0 Å². The Bertz CT molecular complexity index is 839. The number of nitrogens with one attached hydrogen (secondary N) is 1. The number of benzene rings is 2. The molecule has 2 aromatic rings. The number of hydrogen-bond acceptors (Lipinski definition) is 6. The Morgan fingerprint density at radius 2 is 1.57 bits per heavy atom. The van der Waals surface area contributed by atoms with Crippen LogP contribution < -0.4 is 14.8 Å². The quantitative estimate of drug-likeness (QED) is 0.741. The van der Waals surface area contributed by atoms with Gasteiger partial charge in [-0.1, -0.05) is 30.3 Å². The van der Waals surface area contributed by atoms with E-state index in [1.165, 1.54) is 5.56 Å². The van der Waals surface area contributed by atoms with Gasteiger partial charge in [-0.05, 0) is 28.8 Å². The summed E-state index contributed by atoms with van der Waals surface area (Å²) in [6, 6.07) is 14.7. The van der Waals surface area contributed by atoms with Crippen molar-refractivity contribution >= 4 is 24.8 Å². The van der Waals surface area contributed by atoms with Gasteiger partial charge in [0.2, 0.25) is 0 Å². The van der Waals surface area contributed by atoms with Gasteiger partial charge in [-0.2, -0.15) is 0 Å². The first-order valence-electron chi connectivity index (χ1n) is 9.56. The van der Waals surface area contributed by atoms with E-state index < -0.39 is 5.72 Å². The first kappa shape index (κ1) is 24.7. The van der Waals surface area contributed by atoms with Crippen molar-refractivity contribution in [2.24, 2.45) is 0 Å². The van der Waals surface area contributed by atoms with E-state index in [0.717, 1.165) is 30.0 Å². The molecule has 1 N–H and O–H groups in total. The molecule has 166 valence electrons. The lowest BCUT2D eigenvalue weighted by molar-refractivity contribution is -0.234. The normalized spacial score (nSPS) is 25.2. The van der Waals surface area contributed by atoms with Crippen LogP contribution in [-0.4, -0.2) is 58.7 Å². The summed E-state index contributed by atoms with van der Waals surface area (Å²) in [6.07, 6.45) is -0.264. The third kappa shape index (κ3) is 3.77. The standard InChI is InChI=1S/C22H28N2O4.2ClH/c1-25-18-12-16-17(13-19(18)26-2)21(27-3)22(28-4)14-23-10-11-24(22)20(16)15-8-6-5-7-9-15;;/h5-9,12-13,20-21,23H,10-11,14H2,1-4H3;2*1H/t20-,21?,22-;;/m0../s1. The molecule has 1 saturated heterocycles. The minimum Gasteiger partial charge on any atom is -0.493 e. The van der Waals surface area contributed by atoms with Gasteiger partial charge in [-0.3, -0.25) is 4.90 Å². The van der Waals surface area contributed by atoms with Crippen LogP contribution in [0.1, 0.15) is 28.8 Å². The zero-order valence-corrected chi connectivity index (χ0v) is 19.3. The summed E-state index contributed by atoms with van der Waals surface area (Å²) in [6.45, 7) is 2.42. The van der Waals surface area contributed by atoms with Crippen LogP contribution in [0.3, 0.4) is 0 Å². The molecule has 0 bridgehead atoms. The average molecular weight is 457 g/mol. The van der Waals surface area contributed by atoms with E-state index in [-0.39, 0.29) is 37.0 Å². The summed E-state index contributed by atoms with van der Waals surface area (Å²) in [5.74, 6) is 1.41. The zero-order chi connectivity index (χ0) is 19.7. The molecule has 1 unspecified atom stereocenters. The third-order valence-corrected chi connectivity index (χ3v) is 5.99. The van der Waals surface area contributed by atoms with Crippen molar-refractivity contribution in [2.75, 3.05) is 48.1 Å². The van der Waals surface area contributed by atoms with Gasteiger partial charge in [0.15, 0.2) is 17.2 Å². The molecule has 0 spiro atoms. The van der Waals surface area contributed by atoms with Crippen LogP contribution in [-0.2, 0) is 9.47 Å². The van der Waals surface area contributed by atoms with Crippen molar-refractivity contribution in [3.05, 3.63) is 59.2 Å². The Labute approximate surface area is 190 Å². The summed E-state index contributed by atoms with van der Waals surface area (Å²) in [4.78, 5) is 2.42. The maximum atomic E-state index is 6.19. The Hall–Kier alpha value is -1.54. The van der Waals surface area contributed by atoms with Gasteiger partial charge in [0, 0.05) is 33.9 Å². The molecule has 0 aromatic heterocycles. The number of piperazine rings is 1. The second kappa shape index (κ2) is 10.2. The Morgan fingerprint density at radius 3 is 2.13 bits per heavy atom. The van der Waals surface area contributed by atoms with E-state index >= 15 is 0 Å². The molecule has 8 heteroatoms. The van der Waals surface area contributed by atoms with Crippen molar-refractivity contribution in [3.8, 4) is 11.5 Å². The van der Waals surface area contributed by atoms with Crippen molar-refractivity contribution in [3.63, 3.8) is 0 Å². The first-order valence-corrected chi connectivity index (χ1v) is 9.56. The van der Waals surface area contributed by atoms with Crippen LogP contribution in [0.2, 0.25) is 0 Å². The minimum atomic E-state index is -0.611. The molecule has 0 radical (unpaired) electrons. The van der Waals surface area contributed by atoms with Crippen LogP contribution >= 0.6 is 24.8 Å². The molecular formula is C22H30Cl2N2O4. The number of halogens is 2. The van der Waals surface area contributed by atoms with Crippen LogP contribution in [0.15, 0.2) is 42.5 Å². The second-order valence-corrected chi connectivity index (χ2v) is 7.18. The van der Waals surface area contributed by atoms with Gasteiger partial charge in [0.05, 0.1) is 20.3 Å². The first-order chi connectivity index (χ1) is 13.7. The number of methoxy groups -OCH3 is 4. The highest BCUT2D eigenvalue weighted by Crippen LogP contribution is 2.52. The molecule has 2 aliphatic heterocycles. The number of fused-ring (bicyclic) bond motifs is 2. The van der Waals surface area contributed by atoms with E-state index in [1.807, 2.05) is 12.1 Å². The molecule has 0 aliphatic carbocycles. The molecule has 30 heavy (non-hydrogen) atoms. The molecule has 2 aliphatic rings.